The van der Waals surface area contributed by atoms with Crippen LogP contribution in [0.2, 0.25) is 0 Å². The highest BCUT2D eigenvalue weighted by molar-refractivity contribution is 9.11. The van der Waals surface area contributed by atoms with Crippen molar-refractivity contribution in [3.05, 3.63) is 58.4 Å². The summed E-state index contributed by atoms with van der Waals surface area (Å²) in [5, 5.41) is 2.16. The summed E-state index contributed by atoms with van der Waals surface area (Å²) in [6, 6.07) is 17.0. The van der Waals surface area contributed by atoms with Crippen LogP contribution in [0.5, 0.6) is 5.75 Å². The predicted molar refractivity (Wildman–Crippen MR) is 117 cm³/mol. The third-order valence-electron chi connectivity index (χ3n) is 4.82. The molecule has 0 saturated carbocycles. The van der Waals surface area contributed by atoms with Crippen LogP contribution >= 0.6 is 27.3 Å². The second kappa shape index (κ2) is 8.43. The molecule has 152 valence electrons. The van der Waals surface area contributed by atoms with E-state index in [-0.39, 0.29) is 25.6 Å². The smallest absolute Gasteiger partial charge is 0.260 e. The maximum Gasteiger partial charge on any atom is 0.260 e. The van der Waals surface area contributed by atoms with Gasteiger partial charge < -0.3 is 9.64 Å². The number of piperazine rings is 1. The van der Waals surface area contributed by atoms with E-state index in [0.29, 0.717) is 23.0 Å². The molecule has 3 aromatic rings. The van der Waals surface area contributed by atoms with Crippen molar-refractivity contribution < 1.29 is 17.9 Å². The van der Waals surface area contributed by atoms with Gasteiger partial charge in [0.05, 0.1) is 3.79 Å². The quantitative estimate of drug-likeness (QED) is 0.543. The Labute approximate surface area is 181 Å². The van der Waals surface area contributed by atoms with E-state index in [4.69, 9.17) is 4.74 Å². The van der Waals surface area contributed by atoms with Crippen molar-refractivity contribution in [2.75, 3.05) is 32.8 Å². The zero-order valence-corrected chi connectivity index (χ0v) is 18.7. The number of nitrogens with zero attached hydrogens (tertiary/aromatic N) is 2. The summed E-state index contributed by atoms with van der Waals surface area (Å²) in [4.78, 5) is 14.1. The monoisotopic (exact) mass is 494 g/mol. The number of carbonyl (C=O) groups excluding carboxylic acids is 1. The van der Waals surface area contributed by atoms with Gasteiger partial charge in [-0.2, -0.15) is 4.31 Å². The van der Waals surface area contributed by atoms with Gasteiger partial charge in [-0.1, -0.05) is 30.3 Å². The third kappa shape index (κ3) is 4.48. The summed E-state index contributed by atoms with van der Waals surface area (Å²) in [6.07, 6.45) is 0. The Kier molecular flexibility index (Phi) is 5.91. The van der Waals surface area contributed by atoms with Crippen LogP contribution in [-0.2, 0) is 14.8 Å². The molecular weight excluding hydrogens is 476 g/mol. The average Bonchev–Trinajstić information content (AvgIpc) is 3.19. The summed E-state index contributed by atoms with van der Waals surface area (Å²) in [6.45, 7) is 1.19. The number of fused-ring (bicyclic) bond motifs is 1. The first kappa shape index (κ1) is 20.3. The van der Waals surface area contributed by atoms with Crippen molar-refractivity contribution in [3.8, 4) is 5.75 Å². The topological polar surface area (TPSA) is 66.9 Å². The fourth-order valence-electron chi connectivity index (χ4n) is 3.23. The molecule has 0 atom stereocenters. The molecule has 0 aliphatic carbocycles. The van der Waals surface area contributed by atoms with Crippen LogP contribution in [0.1, 0.15) is 0 Å². The average molecular weight is 495 g/mol. The molecule has 0 spiro atoms. The highest BCUT2D eigenvalue weighted by atomic mass is 79.9. The van der Waals surface area contributed by atoms with E-state index < -0.39 is 10.0 Å². The molecule has 4 rings (SSSR count). The van der Waals surface area contributed by atoms with Gasteiger partial charge in [0.2, 0.25) is 0 Å². The minimum Gasteiger partial charge on any atom is -0.484 e. The van der Waals surface area contributed by atoms with Gasteiger partial charge in [0, 0.05) is 26.2 Å². The number of amides is 1. The van der Waals surface area contributed by atoms with Crippen LogP contribution in [0.4, 0.5) is 0 Å². The minimum absolute atomic E-state index is 0.0665. The fourth-order valence-corrected chi connectivity index (χ4v) is 6.82. The molecule has 0 radical (unpaired) electrons. The Morgan fingerprint density at radius 3 is 2.41 bits per heavy atom. The number of ether oxygens (including phenoxy) is 1. The van der Waals surface area contributed by atoms with Gasteiger partial charge in [0.25, 0.3) is 15.9 Å². The van der Waals surface area contributed by atoms with Gasteiger partial charge in [-0.15, -0.1) is 11.3 Å². The predicted octanol–water partition coefficient (Wildman–Crippen LogP) is 3.58. The maximum atomic E-state index is 12.7. The van der Waals surface area contributed by atoms with Gasteiger partial charge in [-0.3, -0.25) is 4.79 Å². The highest BCUT2D eigenvalue weighted by Gasteiger charge is 2.31. The number of hydrogen-bond donors (Lipinski definition) is 0. The lowest BCUT2D eigenvalue weighted by Gasteiger charge is -2.33. The summed E-state index contributed by atoms with van der Waals surface area (Å²) < 4.78 is 33.5. The van der Waals surface area contributed by atoms with Crippen molar-refractivity contribution in [1.82, 2.24) is 9.21 Å². The van der Waals surface area contributed by atoms with Crippen LogP contribution in [0.15, 0.2) is 62.6 Å². The molecule has 0 N–H and O–H groups in total. The van der Waals surface area contributed by atoms with E-state index >= 15 is 0 Å². The van der Waals surface area contributed by atoms with E-state index in [1.165, 1.54) is 15.6 Å². The first-order valence-electron chi connectivity index (χ1n) is 9.08. The molecule has 6 nitrogen and oxygen atoms in total. The first-order valence-corrected chi connectivity index (χ1v) is 12.1. The maximum absolute atomic E-state index is 12.7. The van der Waals surface area contributed by atoms with Crippen LogP contribution in [0.3, 0.4) is 0 Å². The molecule has 1 aliphatic rings. The van der Waals surface area contributed by atoms with Crippen LogP contribution < -0.4 is 4.74 Å². The third-order valence-corrected chi connectivity index (χ3v) is 8.81. The molecule has 0 unspecified atom stereocenters. The second-order valence-electron chi connectivity index (χ2n) is 6.64. The molecule has 1 aromatic heterocycles. The van der Waals surface area contributed by atoms with Crippen molar-refractivity contribution in [2.24, 2.45) is 0 Å². The Balaban J connectivity index is 1.33. The normalized spacial score (nSPS) is 15.6. The molecular formula is C20H19BrN2O4S2. The van der Waals surface area contributed by atoms with E-state index in [9.17, 15) is 13.2 Å². The van der Waals surface area contributed by atoms with E-state index in [0.717, 1.165) is 14.6 Å². The summed E-state index contributed by atoms with van der Waals surface area (Å²) in [7, 11) is -3.51. The Morgan fingerprint density at radius 2 is 1.72 bits per heavy atom. The van der Waals surface area contributed by atoms with Crippen LogP contribution in [-0.4, -0.2) is 56.3 Å². The highest BCUT2D eigenvalue weighted by Crippen LogP contribution is 2.29. The number of rotatable bonds is 5. The van der Waals surface area contributed by atoms with E-state index in [1.807, 2.05) is 42.5 Å². The molecule has 1 amide bonds. The molecule has 1 aliphatic heterocycles. The molecule has 9 heteroatoms. The van der Waals surface area contributed by atoms with E-state index in [1.54, 1.807) is 17.0 Å². The zero-order chi connectivity index (χ0) is 20.4. The molecule has 1 saturated heterocycles. The molecule has 1 fully saturated rings. The number of halogens is 1. The van der Waals surface area contributed by atoms with Crippen LogP contribution in [0.25, 0.3) is 10.8 Å². The standard InChI is InChI=1S/C20H19BrN2O4S2/c21-18-7-8-20(28-18)29(25,26)23-11-9-22(10-12-23)19(24)14-27-17-6-5-15-3-1-2-4-16(15)13-17/h1-8,13H,9-12,14H2. The lowest BCUT2D eigenvalue weighted by Crippen LogP contribution is -2.51. The molecule has 29 heavy (non-hydrogen) atoms. The number of carbonyl (C=O) groups is 1. The van der Waals surface area contributed by atoms with E-state index in [2.05, 4.69) is 15.9 Å². The number of thiophene rings is 1. The van der Waals surface area contributed by atoms with Gasteiger partial charge in [0.1, 0.15) is 9.96 Å². The number of hydrogen-bond acceptors (Lipinski definition) is 5. The molecule has 0 bridgehead atoms. The Hall–Kier alpha value is -1.94. The van der Waals surface area contributed by atoms with Crippen molar-refractivity contribution >= 4 is 54.0 Å². The van der Waals surface area contributed by atoms with Gasteiger partial charge in [-0.25, -0.2) is 8.42 Å². The Bertz CT molecular complexity index is 1140. The molecule has 2 heterocycles. The Morgan fingerprint density at radius 1 is 1.00 bits per heavy atom. The van der Waals surface area contributed by atoms with Crippen molar-refractivity contribution in [2.45, 2.75) is 4.21 Å². The van der Waals surface area contributed by atoms with Gasteiger partial charge >= 0.3 is 0 Å². The number of benzene rings is 2. The fraction of sp³-hybridized carbons (Fsp3) is 0.250. The zero-order valence-electron chi connectivity index (χ0n) is 15.5. The summed E-state index contributed by atoms with van der Waals surface area (Å²) in [5.74, 6) is 0.496. The summed E-state index contributed by atoms with van der Waals surface area (Å²) >= 11 is 4.48. The van der Waals surface area contributed by atoms with Gasteiger partial charge in [-0.05, 0) is 51.0 Å². The first-order chi connectivity index (χ1) is 13.9. The lowest BCUT2D eigenvalue weighted by molar-refractivity contribution is -0.134. The largest absolute Gasteiger partial charge is 0.484 e. The van der Waals surface area contributed by atoms with Crippen molar-refractivity contribution in [1.29, 1.82) is 0 Å². The van der Waals surface area contributed by atoms with Crippen molar-refractivity contribution in [3.63, 3.8) is 0 Å². The van der Waals surface area contributed by atoms with Crippen LogP contribution in [0, 0.1) is 0 Å². The second-order valence-corrected chi connectivity index (χ2v) is 11.3. The molecule has 2 aromatic carbocycles. The lowest BCUT2D eigenvalue weighted by atomic mass is 10.1. The minimum atomic E-state index is -3.51. The summed E-state index contributed by atoms with van der Waals surface area (Å²) in [5.41, 5.74) is 0. The SMILES string of the molecule is O=C(COc1ccc2ccccc2c1)N1CCN(S(=O)(=O)c2ccc(Br)s2)CC1. The van der Waals surface area contributed by atoms with Gasteiger partial charge in [0.15, 0.2) is 6.61 Å². The number of sulfonamides is 1.